The maximum Gasteiger partial charge on any atom is 0.250 e. The van der Waals surface area contributed by atoms with Crippen LogP contribution in [0.4, 0.5) is 5.69 Å². The van der Waals surface area contributed by atoms with E-state index in [4.69, 9.17) is 0 Å². The van der Waals surface area contributed by atoms with Crippen molar-refractivity contribution in [3.05, 3.63) is 59.1 Å². The van der Waals surface area contributed by atoms with Crippen LogP contribution in [0.15, 0.2) is 59.1 Å². The molecule has 0 aliphatic carbocycles. The molecule has 0 saturated carbocycles. The molecule has 3 aromatic rings. The SMILES string of the molecule is CC(C(=O)Nc1ccccc1)n1nnc(-c2ccc(Br)cc2)n1. The van der Waals surface area contributed by atoms with Crippen LogP contribution in [0.2, 0.25) is 0 Å². The molecule has 0 aliphatic rings. The molecule has 1 N–H and O–H groups in total. The molecule has 0 fully saturated rings. The highest BCUT2D eigenvalue weighted by molar-refractivity contribution is 9.10. The molecule has 2 aromatic carbocycles. The van der Waals surface area contributed by atoms with Crippen LogP contribution in [0.3, 0.4) is 0 Å². The molecule has 1 aromatic heterocycles. The van der Waals surface area contributed by atoms with E-state index in [0.717, 1.165) is 15.7 Å². The van der Waals surface area contributed by atoms with Gasteiger partial charge in [-0.05, 0) is 48.5 Å². The molecule has 116 valence electrons. The summed E-state index contributed by atoms with van der Waals surface area (Å²) < 4.78 is 0.976. The first-order chi connectivity index (χ1) is 11.1. The first kappa shape index (κ1) is 15.4. The van der Waals surface area contributed by atoms with Crippen molar-refractivity contribution in [1.29, 1.82) is 0 Å². The number of amides is 1. The molecule has 1 atom stereocenters. The lowest BCUT2D eigenvalue weighted by molar-refractivity contribution is -0.119. The fourth-order valence-corrected chi connectivity index (χ4v) is 2.24. The number of halogens is 1. The highest BCUT2D eigenvalue weighted by Crippen LogP contribution is 2.18. The molecular formula is C16H14BrN5O. The zero-order chi connectivity index (χ0) is 16.2. The van der Waals surface area contributed by atoms with Gasteiger partial charge in [-0.15, -0.1) is 10.2 Å². The van der Waals surface area contributed by atoms with E-state index in [1.807, 2.05) is 54.6 Å². The highest BCUT2D eigenvalue weighted by Gasteiger charge is 2.18. The number of rotatable bonds is 4. The number of carbonyl (C=O) groups is 1. The van der Waals surface area contributed by atoms with E-state index in [9.17, 15) is 4.79 Å². The molecule has 1 amide bonds. The van der Waals surface area contributed by atoms with Crippen molar-refractivity contribution in [3.8, 4) is 11.4 Å². The number of aromatic nitrogens is 4. The summed E-state index contributed by atoms with van der Waals surface area (Å²) in [6, 6.07) is 16.3. The minimum absolute atomic E-state index is 0.198. The van der Waals surface area contributed by atoms with Gasteiger partial charge in [0.1, 0.15) is 6.04 Å². The second-order valence-corrected chi connectivity index (χ2v) is 5.89. The summed E-state index contributed by atoms with van der Waals surface area (Å²) in [6.45, 7) is 1.73. The summed E-state index contributed by atoms with van der Waals surface area (Å²) >= 11 is 3.38. The smallest absolute Gasteiger partial charge is 0.250 e. The molecule has 0 spiro atoms. The van der Waals surface area contributed by atoms with Crippen LogP contribution < -0.4 is 5.32 Å². The van der Waals surface area contributed by atoms with Crippen molar-refractivity contribution in [2.75, 3.05) is 5.32 Å². The minimum atomic E-state index is -0.563. The van der Waals surface area contributed by atoms with Crippen molar-refractivity contribution in [3.63, 3.8) is 0 Å². The average molecular weight is 372 g/mol. The largest absolute Gasteiger partial charge is 0.324 e. The summed E-state index contributed by atoms with van der Waals surface area (Å²) in [5.41, 5.74) is 1.58. The lowest BCUT2D eigenvalue weighted by Crippen LogP contribution is -2.25. The molecule has 0 bridgehead atoms. The van der Waals surface area contributed by atoms with Crippen LogP contribution in [0.1, 0.15) is 13.0 Å². The van der Waals surface area contributed by atoms with Gasteiger partial charge >= 0.3 is 0 Å². The van der Waals surface area contributed by atoms with Crippen molar-refractivity contribution in [2.45, 2.75) is 13.0 Å². The summed E-state index contributed by atoms with van der Waals surface area (Å²) in [6.07, 6.45) is 0. The van der Waals surface area contributed by atoms with Gasteiger partial charge in [-0.1, -0.05) is 34.1 Å². The van der Waals surface area contributed by atoms with Crippen LogP contribution in [-0.4, -0.2) is 26.1 Å². The van der Waals surface area contributed by atoms with Crippen molar-refractivity contribution < 1.29 is 4.79 Å². The monoisotopic (exact) mass is 371 g/mol. The second kappa shape index (κ2) is 6.70. The van der Waals surface area contributed by atoms with Gasteiger partial charge < -0.3 is 5.32 Å². The molecule has 23 heavy (non-hydrogen) atoms. The fraction of sp³-hybridized carbons (Fsp3) is 0.125. The third-order valence-corrected chi connectivity index (χ3v) is 3.83. The predicted octanol–water partition coefficient (Wildman–Crippen LogP) is 3.30. The Morgan fingerprint density at radius 2 is 1.83 bits per heavy atom. The summed E-state index contributed by atoms with van der Waals surface area (Å²) in [4.78, 5) is 13.6. The molecule has 1 unspecified atom stereocenters. The molecule has 0 aliphatic heterocycles. The van der Waals surface area contributed by atoms with E-state index in [0.29, 0.717) is 5.82 Å². The van der Waals surface area contributed by atoms with Gasteiger partial charge in [-0.3, -0.25) is 4.79 Å². The second-order valence-electron chi connectivity index (χ2n) is 4.97. The summed E-state index contributed by atoms with van der Waals surface area (Å²) in [7, 11) is 0. The van der Waals surface area contributed by atoms with E-state index in [1.165, 1.54) is 4.80 Å². The van der Waals surface area contributed by atoms with Gasteiger partial charge in [0.15, 0.2) is 0 Å². The Balaban J connectivity index is 1.74. The van der Waals surface area contributed by atoms with Crippen molar-refractivity contribution >= 4 is 27.5 Å². The van der Waals surface area contributed by atoms with Gasteiger partial charge in [-0.25, -0.2) is 0 Å². The van der Waals surface area contributed by atoms with Crippen LogP contribution in [0, 0.1) is 0 Å². The van der Waals surface area contributed by atoms with Gasteiger partial charge in [0.25, 0.3) is 5.91 Å². The number of nitrogens with one attached hydrogen (secondary N) is 1. The molecular weight excluding hydrogens is 358 g/mol. The van der Waals surface area contributed by atoms with Crippen LogP contribution in [0.25, 0.3) is 11.4 Å². The first-order valence-corrected chi connectivity index (χ1v) is 7.84. The number of tetrazole rings is 1. The maximum atomic E-state index is 12.3. The number of anilines is 1. The van der Waals surface area contributed by atoms with Gasteiger partial charge in [0.05, 0.1) is 0 Å². The Hall–Kier alpha value is -2.54. The maximum absolute atomic E-state index is 12.3. The van der Waals surface area contributed by atoms with E-state index >= 15 is 0 Å². The zero-order valence-corrected chi connectivity index (χ0v) is 13.9. The predicted molar refractivity (Wildman–Crippen MR) is 90.7 cm³/mol. The molecule has 1 heterocycles. The normalized spacial score (nSPS) is 11.9. The number of benzene rings is 2. The highest BCUT2D eigenvalue weighted by atomic mass is 79.9. The van der Waals surface area contributed by atoms with Gasteiger partial charge in [-0.2, -0.15) is 4.80 Å². The number of hydrogen-bond acceptors (Lipinski definition) is 4. The summed E-state index contributed by atoms with van der Waals surface area (Å²) in [5.74, 6) is 0.285. The van der Waals surface area contributed by atoms with Crippen LogP contribution in [-0.2, 0) is 4.79 Å². The van der Waals surface area contributed by atoms with Crippen molar-refractivity contribution in [1.82, 2.24) is 20.2 Å². The van der Waals surface area contributed by atoms with E-state index in [-0.39, 0.29) is 5.91 Å². The lowest BCUT2D eigenvalue weighted by Gasteiger charge is -2.10. The Morgan fingerprint density at radius 3 is 2.52 bits per heavy atom. The molecule has 0 saturated heterocycles. The van der Waals surface area contributed by atoms with E-state index in [1.54, 1.807) is 6.92 Å². The van der Waals surface area contributed by atoms with Gasteiger partial charge in [0.2, 0.25) is 5.82 Å². The number of para-hydroxylation sites is 1. The van der Waals surface area contributed by atoms with Gasteiger partial charge in [0, 0.05) is 15.7 Å². The molecule has 3 rings (SSSR count). The molecule has 6 nitrogen and oxygen atoms in total. The Bertz CT molecular complexity index is 801. The number of nitrogens with zero attached hydrogens (tertiary/aromatic N) is 4. The Labute approximate surface area is 141 Å². The Kier molecular flexibility index (Phi) is 4.47. The fourth-order valence-electron chi connectivity index (χ4n) is 1.98. The quantitative estimate of drug-likeness (QED) is 0.763. The standard InChI is InChI=1S/C16H14BrN5O/c1-11(16(23)18-14-5-3-2-4-6-14)22-20-15(19-21-22)12-7-9-13(17)10-8-12/h2-11H,1H3,(H,18,23). The third kappa shape index (κ3) is 3.62. The average Bonchev–Trinajstić information content (AvgIpc) is 3.05. The van der Waals surface area contributed by atoms with E-state index < -0.39 is 6.04 Å². The number of hydrogen-bond donors (Lipinski definition) is 1. The van der Waals surface area contributed by atoms with E-state index in [2.05, 4.69) is 36.7 Å². The Morgan fingerprint density at radius 1 is 1.13 bits per heavy atom. The van der Waals surface area contributed by atoms with Crippen LogP contribution >= 0.6 is 15.9 Å². The first-order valence-electron chi connectivity index (χ1n) is 7.05. The third-order valence-electron chi connectivity index (χ3n) is 3.30. The molecule has 0 radical (unpaired) electrons. The minimum Gasteiger partial charge on any atom is -0.324 e. The summed E-state index contributed by atoms with van der Waals surface area (Å²) in [5, 5.41) is 15.1. The topological polar surface area (TPSA) is 72.7 Å². The zero-order valence-electron chi connectivity index (χ0n) is 12.3. The van der Waals surface area contributed by atoms with Crippen molar-refractivity contribution in [2.24, 2.45) is 0 Å². The van der Waals surface area contributed by atoms with Crippen LogP contribution in [0.5, 0.6) is 0 Å². The number of carbonyl (C=O) groups excluding carboxylic acids is 1. The molecule has 7 heteroatoms. The lowest BCUT2D eigenvalue weighted by atomic mass is 10.2.